The van der Waals surface area contributed by atoms with Crippen molar-refractivity contribution >= 4 is 13.7 Å². The van der Waals surface area contributed by atoms with Gasteiger partial charge in [0.15, 0.2) is 0 Å². The Morgan fingerprint density at radius 2 is 0.702 bits per heavy atom. The summed E-state index contributed by atoms with van der Waals surface area (Å²) in [6.07, 6.45) is 90.9. The quantitative estimate of drug-likeness (QED) is 0.0272. The number of unbranched alkanes of at least 4 members (excludes halogenated alkanes) is 47. The summed E-state index contributed by atoms with van der Waals surface area (Å²) >= 11 is 0. The van der Waals surface area contributed by atoms with Gasteiger partial charge in [0.1, 0.15) is 13.2 Å². The van der Waals surface area contributed by atoms with Gasteiger partial charge in [-0.2, -0.15) is 0 Å². The number of likely N-dealkylation sites (N-methyl/N-ethyl adjacent to an activating group) is 1. The van der Waals surface area contributed by atoms with E-state index >= 15 is 0 Å². The van der Waals surface area contributed by atoms with E-state index in [1.54, 1.807) is 6.08 Å². The predicted molar refractivity (Wildman–Crippen MR) is 367 cm³/mol. The second-order valence-electron chi connectivity index (χ2n) is 26.3. The number of quaternary nitrogens is 1. The van der Waals surface area contributed by atoms with Crippen LogP contribution in [0.1, 0.15) is 361 Å². The fourth-order valence-corrected chi connectivity index (χ4v) is 11.7. The van der Waals surface area contributed by atoms with Gasteiger partial charge in [-0.05, 0) is 77.0 Å². The van der Waals surface area contributed by atoms with Crippen LogP contribution in [0.2, 0.25) is 0 Å². The number of hydrogen-bond donors (Lipinski definition) is 2. The van der Waals surface area contributed by atoms with Crippen LogP contribution in [0.15, 0.2) is 60.8 Å². The van der Waals surface area contributed by atoms with Gasteiger partial charge in [0, 0.05) is 6.42 Å². The van der Waals surface area contributed by atoms with Crippen LogP contribution in [0.4, 0.5) is 0 Å². The molecule has 0 aliphatic rings. The Balaban J connectivity index is 3.98. The average molecular weight is 1200 g/mol. The Bertz CT molecular complexity index is 1550. The lowest BCUT2D eigenvalue weighted by Gasteiger charge is -2.29. The number of carbonyl (C=O) groups is 1. The highest BCUT2D eigenvalue weighted by molar-refractivity contribution is 7.45. The van der Waals surface area contributed by atoms with E-state index < -0.39 is 26.6 Å². The Hall–Kier alpha value is -1.80. The van der Waals surface area contributed by atoms with Crippen LogP contribution in [0.3, 0.4) is 0 Å². The molecule has 0 aromatic rings. The third kappa shape index (κ3) is 67.7. The number of amides is 1. The molecule has 0 fully saturated rings. The first-order valence-corrected chi connectivity index (χ1v) is 38.1. The first-order chi connectivity index (χ1) is 41.0. The van der Waals surface area contributed by atoms with Crippen molar-refractivity contribution in [3.8, 4) is 0 Å². The van der Waals surface area contributed by atoms with Gasteiger partial charge in [0.05, 0.1) is 39.9 Å². The molecule has 0 saturated heterocycles. The summed E-state index contributed by atoms with van der Waals surface area (Å²) in [5.74, 6) is -0.205. The van der Waals surface area contributed by atoms with E-state index in [1.807, 2.05) is 27.2 Å². The van der Waals surface area contributed by atoms with Gasteiger partial charge in [-0.3, -0.25) is 9.36 Å². The lowest BCUT2D eigenvalue weighted by Crippen LogP contribution is -2.45. The minimum absolute atomic E-state index is 0.00834. The molecule has 1 amide bonds. The molecule has 2 N–H and O–H groups in total. The topological polar surface area (TPSA) is 108 Å². The van der Waals surface area contributed by atoms with E-state index in [9.17, 15) is 19.4 Å². The molecule has 9 heteroatoms. The highest BCUT2D eigenvalue weighted by Crippen LogP contribution is 2.38. The standard InChI is InChI=1S/C75H143N2O6P/c1-6-8-10-12-14-16-18-20-22-24-26-28-30-31-32-33-34-35-36-37-38-39-40-41-42-43-44-45-47-49-51-53-55-57-59-61-63-65-67-69-75(79)76-73(72-83-84(80,81)82-71-70-77(3,4)5)74(78)68-66-64-62-60-58-56-54-52-50-48-46-29-27-25-23-21-19-17-15-13-11-9-7-2/h18,20,24,26,50,52,58,60,66,68,73-74,78H,6-17,19,21-23,25,27-49,51,53-57,59,61-65,67,69-72H2,1-5H3,(H-,76,79,80,81)/b20-18-,26-24-,52-50+,60-58+,68-66+. The monoisotopic (exact) mass is 1200 g/mol. The van der Waals surface area contributed by atoms with Crippen molar-refractivity contribution in [1.29, 1.82) is 0 Å². The number of nitrogens with one attached hydrogen (secondary N) is 1. The van der Waals surface area contributed by atoms with Crippen molar-refractivity contribution in [2.45, 2.75) is 373 Å². The molecule has 494 valence electrons. The van der Waals surface area contributed by atoms with Crippen molar-refractivity contribution in [2.75, 3.05) is 40.9 Å². The molecule has 3 unspecified atom stereocenters. The number of rotatable bonds is 68. The maximum atomic E-state index is 13.0. The van der Waals surface area contributed by atoms with E-state index in [1.165, 1.54) is 289 Å². The number of phosphoric ester groups is 1. The maximum absolute atomic E-state index is 13.0. The summed E-state index contributed by atoms with van der Waals surface area (Å²) in [7, 11) is 1.25. The number of aliphatic hydroxyl groups is 1. The van der Waals surface area contributed by atoms with Gasteiger partial charge < -0.3 is 28.8 Å². The van der Waals surface area contributed by atoms with Gasteiger partial charge >= 0.3 is 0 Å². The summed E-state index contributed by atoms with van der Waals surface area (Å²) in [4.78, 5) is 25.6. The van der Waals surface area contributed by atoms with Crippen molar-refractivity contribution < 1.29 is 32.9 Å². The largest absolute Gasteiger partial charge is 0.756 e. The molecule has 0 aliphatic carbocycles. The molecular weight excluding hydrogens is 1060 g/mol. The molecule has 0 radical (unpaired) electrons. The zero-order chi connectivity index (χ0) is 61.2. The third-order valence-corrected chi connectivity index (χ3v) is 17.6. The van der Waals surface area contributed by atoms with Crippen LogP contribution in [-0.4, -0.2) is 68.5 Å². The van der Waals surface area contributed by atoms with Gasteiger partial charge in [0.2, 0.25) is 5.91 Å². The van der Waals surface area contributed by atoms with Crippen LogP contribution in [0.25, 0.3) is 0 Å². The van der Waals surface area contributed by atoms with Crippen LogP contribution < -0.4 is 10.2 Å². The Labute approximate surface area is 523 Å². The number of nitrogens with zero attached hydrogens (tertiary/aromatic N) is 1. The van der Waals surface area contributed by atoms with Gasteiger partial charge in [-0.15, -0.1) is 0 Å². The SMILES string of the molecule is CCCCCCC/C=C\C/C=C\CCCCCCCCCCCCCCCCCCCCCCCCCCCCCC(=O)NC(COP(=O)([O-])OCC[N+](C)(C)C)C(O)/C=C/CC/C=C/CC/C=C/CCCCCCCCCCCCCCC. The molecule has 84 heavy (non-hydrogen) atoms. The molecular formula is C75H143N2O6P. The second kappa shape index (κ2) is 65.6. The van der Waals surface area contributed by atoms with Gasteiger partial charge in [-0.1, -0.05) is 338 Å². The number of allylic oxidation sites excluding steroid dienone is 9. The van der Waals surface area contributed by atoms with E-state index in [0.29, 0.717) is 17.4 Å². The van der Waals surface area contributed by atoms with Crippen LogP contribution in [0, 0.1) is 0 Å². The lowest BCUT2D eigenvalue weighted by molar-refractivity contribution is -0.870. The number of carbonyl (C=O) groups excluding carboxylic acids is 1. The Morgan fingerprint density at radius 1 is 0.417 bits per heavy atom. The highest BCUT2D eigenvalue weighted by atomic mass is 31.2. The second-order valence-corrected chi connectivity index (χ2v) is 27.7. The fourth-order valence-electron chi connectivity index (χ4n) is 11.0. The van der Waals surface area contributed by atoms with E-state index in [0.717, 1.165) is 51.4 Å². The third-order valence-electron chi connectivity index (χ3n) is 16.7. The average Bonchev–Trinajstić information content (AvgIpc) is 3.56. The normalized spacial score (nSPS) is 13.9. The smallest absolute Gasteiger partial charge is 0.268 e. The molecule has 0 heterocycles. The van der Waals surface area contributed by atoms with Crippen LogP contribution in [0.5, 0.6) is 0 Å². The van der Waals surface area contributed by atoms with Crippen LogP contribution in [-0.2, 0) is 18.4 Å². The van der Waals surface area contributed by atoms with E-state index in [2.05, 4.69) is 67.8 Å². The van der Waals surface area contributed by atoms with Crippen molar-refractivity contribution in [3.63, 3.8) is 0 Å². The summed E-state index contributed by atoms with van der Waals surface area (Å²) in [5, 5.41) is 13.9. The van der Waals surface area contributed by atoms with E-state index in [4.69, 9.17) is 9.05 Å². The van der Waals surface area contributed by atoms with Gasteiger partial charge in [-0.25, -0.2) is 0 Å². The van der Waals surface area contributed by atoms with Crippen LogP contribution >= 0.6 is 7.82 Å². The summed E-state index contributed by atoms with van der Waals surface area (Å²) in [6, 6.07) is -0.911. The molecule has 8 nitrogen and oxygen atoms in total. The Kier molecular flexibility index (Phi) is 64.2. The molecule has 0 bridgehead atoms. The van der Waals surface area contributed by atoms with Crippen molar-refractivity contribution in [2.24, 2.45) is 0 Å². The first-order valence-electron chi connectivity index (χ1n) is 36.7. The number of hydrogen-bond acceptors (Lipinski definition) is 6. The van der Waals surface area contributed by atoms with Crippen molar-refractivity contribution in [1.82, 2.24) is 5.32 Å². The minimum atomic E-state index is -4.62. The zero-order valence-corrected chi connectivity index (χ0v) is 57.5. The molecule has 0 aliphatic heterocycles. The molecule has 0 spiro atoms. The molecule has 0 rings (SSSR count). The first kappa shape index (κ1) is 82.2. The molecule has 0 aromatic carbocycles. The number of phosphoric acid groups is 1. The number of aliphatic hydroxyl groups excluding tert-OH is 1. The Morgan fingerprint density at radius 3 is 1.04 bits per heavy atom. The lowest BCUT2D eigenvalue weighted by atomic mass is 10.0. The van der Waals surface area contributed by atoms with Gasteiger partial charge in [0.25, 0.3) is 7.82 Å². The van der Waals surface area contributed by atoms with E-state index in [-0.39, 0.29) is 12.5 Å². The summed E-state index contributed by atoms with van der Waals surface area (Å²) in [5.41, 5.74) is 0. The predicted octanol–water partition coefficient (Wildman–Crippen LogP) is 22.9. The summed E-state index contributed by atoms with van der Waals surface area (Å²) < 4.78 is 23.4. The highest BCUT2D eigenvalue weighted by Gasteiger charge is 2.23. The summed E-state index contributed by atoms with van der Waals surface area (Å²) in [6.45, 7) is 4.65. The minimum Gasteiger partial charge on any atom is -0.756 e. The fraction of sp³-hybridized carbons (Fsp3) is 0.853. The molecule has 0 saturated carbocycles. The molecule has 3 atom stereocenters. The molecule has 0 aromatic heterocycles. The van der Waals surface area contributed by atoms with Crippen molar-refractivity contribution in [3.05, 3.63) is 60.8 Å². The zero-order valence-electron chi connectivity index (χ0n) is 56.6. The maximum Gasteiger partial charge on any atom is 0.268 e.